The lowest BCUT2D eigenvalue weighted by Crippen LogP contribution is -2.32. The first-order valence-corrected chi connectivity index (χ1v) is 7.75. The third kappa shape index (κ3) is 3.65. The fourth-order valence-corrected chi connectivity index (χ4v) is 2.77. The third-order valence-electron chi connectivity index (χ3n) is 3.16. The molecular formula is C13H18N4O3S. The van der Waals surface area contributed by atoms with Crippen LogP contribution < -0.4 is 0 Å². The van der Waals surface area contributed by atoms with Crippen molar-refractivity contribution in [2.45, 2.75) is 19.1 Å². The van der Waals surface area contributed by atoms with Crippen LogP contribution in [0.2, 0.25) is 0 Å². The van der Waals surface area contributed by atoms with Crippen LogP contribution in [0.3, 0.4) is 0 Å². The molecule has 3 rings (SSSR count). The van der Waals surface area contributed by atoms with E-state index in [1.54, 1.807) is 24.0 Å². The zero-order valence-electron chi connectivity index (χ0n) is 11.9. The second kappa shape index (κ2) is 7.08. The maximum atomic E-state index is 5.69. The topological polar surface area (TPSA) is 71.3 Å². The molecule has 0 N–H and O–H groups in total. The number of nitrogens with zero attached hydrogens (tertiary/aromatic N) is 4. The molecule has 1 saturated heterocycles. The van der Waals surface area contributed by atoms with Crippen molar-refractivity contribution in [3.63, 3.8) is 0 Å². The van der Waals surface area contributed by atoms with Crippen LogP contribution in [0, 0.1) is 0 Å². The Balaban J connectivity index is 1.80. The van der Waals surface area contributed by atoms with Crippen molar-refractivity contribution < 1.29 is 14.2 Å². The molecule has 1 atom stereocenters. The van der Waals surface area contributed by atoms with E-state index in [0.29, 0.717) is 39.4 Å². The van der Waals surface area contributed by atoms with E-state index in [2.05, 4.69) is 15.1 Å². The molecule has 2 aromatic heterocycles. The molecule has 0 unspecified atom stereocenters. The Labute approximate surface area is 126 Å². The number of rotatable bonds is 6. The summed E-state index contributed by atoms with van der Waals surface area (Å²) in [6.07, 6.45) is 2.52. The van der Waals surface area contributed by atoms with Gasteiger partial charge in [-0.1, -0.05) is 0 Å². The molecule has 0 spiro atoms. The standard InChI is InChI=1S/C13H18N4O3S/c1-18-3-2-12-15-13(11-6-14-9-21-11)17(16-12)7-10-8-19-4-5-20-10/h6,9-10H,2-5,7-8H2,1H3/t10-/m1/s1. The molecule has 0 radical (unpaired) electrons. The van der Waals surface area contributed by atoms with Crippen LogP contribution in [0.4, 0.5) is 0 Å². The van der Waals surface area contributed by atoms with Gasteiger partial charge in [-0.25, -0.2) is 9.67 Å². The summed E-state index contributed by atoms with van der Waals surface area (Å²) >= 11 is 1.55. The Morgan fingerprint density at radius 3 is 3.14 bits per heavy atom. The van der Waals surface area contributed by atoms with Crippen molar-refractivity contribution in [1.29, 1.82) is 0 Å². The molecule has 0 aliphatic carbocycles. The SMILES string of the molecule is COCCc1nc(-c2cncs2)n(C[C@@H]2COCCO2)n1. The number of hydrogen-bond donors (Lipinski definition) is 0. The fourth-order valence-electron chi connectivity index (χ4n) is 2.16. The minimum Gasteiger partial charge on any atom is -0.384 e. The number of methoxy groups -OCH3 is 1. The first-order valence-electron chi connectivity index (χ1n) is 6.87. The molecule has 7 nitrogen and oxygen atoms in total. The van der Waals surface area contributed by atoms with Gasteiger partial charge in [0.2, 0.25) is 0 Å². The van der Waals surface area contributed by atoms with Crippen LogP contribution in [0.1, 0.15) is 5.82 Å². The lowest BCUT2D eigenvalue weighted by molar-refractivity contribution is -0.0945. The lowest BCUT2D eigenvalue weighted by Gasteiger charge is -2.23. The van der Waals surface area contributed by atoms with E-state index in [0.717, 1.165) is 16.5 Å². The van der Waals surface area contributed by atoms with Crippen LogP contribution in [-0.2, 0) is 27.2 Å². The molecular weight excluding hydrogens is 292 g/mol. The normalized spacial score (nSPS) is 19.0. The third-order valence-corrected chi connectivity index (χ3v) is 3.93. The van der Waals surface area contributed by atoms with E-state index in [9.17, 15) is 0 Å². The molecule has 0 aromatic carbocycles. The van der Waals surface area contributed by atoms with Crippen LogP contribution in [0.15, 0.2) is 11.7 Å². The molecule has 1 aliphatic rings. The smallest absolute Gasteiger partial charge is 0.170 e. The van der Waals surface area contributed by atoms with E-state index in [4.69, 9.17) is 14.2 Å². The van der Waals surface area contributed by atoms with Crippen LogP contribution in [0.5, 0.6) is 0 Å². The van der Waals surface area contributed by atoms with Crippen molar-refractivity contribution in [3.8, 4) is 10.7 Å². The van der Waals surface area contributed by atoms with Gasteiger partial charge in [0, 0.05) is 19.7 Å². The van der Waals surface area contributed by atoms with Crippen molar-refractivity contribution in [3.05, 3.63) is 17.5 Å². The first kappa shape index (κ1) is 14.6. The Hall–Kier alpha value is -1.35. The highest BCUT2D eigenvalue weighted by Crippen LogP contribution is 2.22. The van der Waals surface area contributed by atoms with Gasteiger partial charge in [-0.3, -0.25) is 4.98 Å². The van der Waals surface area contributed by atoms with Gasteiger partial charge in [0.15, 0.2) is 11.6 Å². The van der Waals surface area contributed by atoms with Gasteiger partial charge in [-0.05, 0) is 0 Å². The van der Waals surface area contributed by atoms with Gasteiger partial charge in [0.05, 0.1) is 43.4 Å². The Morgan fingerprint density at radius 1 is 1.48 bits per heavy atom. The summed E-state index contributed by atoms with van der Waals surface area (Å²) in [5.74, 6) is 1.61. The molecule has 114 valence electrons. The number of hydrogen-bond acceptors (Lipinski definition) is 7. The van der Waals surface area contributed by atoms with Gasteiger partial charge in [0.25, 0.3) is 0 Å². The lowest BCUT2D eigenvalue weighted by atomic mass is 10.3. The predicted octanol–water partition coefficient (Wildman–Crippen LogP) is 1.01. The summed E-state index contributed by atoms with van der Waals surface area (Å²) in [7, 11) is 1.67. The fraction of sp³-hybridized carbons (Fsp3) is 0.615. The highest BCUT2D eigenvalue weighted by Gasteiger charge is 2.20. The molecule has 0 bridgehead atoms. The summed E-state index contributed by atoms with van der Waals surface area (Å²) in [5.41, 5.74) is 1.80. The quantitative estimate of drug-likeness (QED) is 0.793. The van der Waals surface area contributed by atoms with E-state index in [1.165, 1.54) is 0 Å². The summed E-state index contributed by atoms with van der Waals surface area (Å²) in [6.45, 7) is 3.12. The van der Waals surface area contributed by atoms with Gasteiger partial charge in [-0.15, -0.1) is 11.3 Å². The first-order chi connectivity index (χ1) is 10.4. The van der Waals surface area contributed by atoms with E-state index in [1.807, 2.05) is 10.9 Å². The molecule has 1 fully saturated rings. The van der Waals surface area contributed by atoms with Crippen molar-refractivity contribution in [2.24, 2.45) is 0 Å². The molecule has 2 aromatic rings. The molecule has 0 amide bonds. The largest absolute Gasteiger partial charge is 0.384 e. The monoisotopic (exact) mass is 310 g/mol. The predicted molar refractivity (Wildman–Crippen MR) is 77.3 cm³/mol. The molecule has 8 heteroatoms. The van der Waals surface area contributed by atoms with Crippen molar-refractivity contribution in [2.75, 3.05) is 33.5 Å². The minimum atomic E-state index is 0.0161. The molecule has 3 heterocycles. The zero-order chi connectivity index (χ0) is 14.5. The second-order valence-corrected chi connectivity index (χ2v) is 5.60. The Bertz CT molecular complexity index is 552. The highest BCUT2D eigenvalue weighted by molar-refractivity contribution is 7.13. The van der Waals surface area contributed by atoms with E-state index >= 15 is 0 Å². The zero-order valence-corrected chi connectivity index (χ0v) is 12.7. The minimum absolute atomic E-state index is 0.0161. The van der Waals surface area contributed by atoms with Crippen LogP contribution in [-0.4, -0.2) is 59.4 Å². The highest BCUT2D eigenvalue weighted by atomic mass is 32.1. The molecule has 1 aliphatic heterocycles. The second-order valence-electron chi connectivity index (χ2n) is 4.71. The van der Waals surface area contributed by atoms with Gasteiger partial charge in [-0.2, -0.15) is 5.10 Å². The van der Waals surface area contributed by atoms with Crippen LogP contribution >= 0.6 is 11.3 Å². The summed E-state index contributed by atoms with van der Waals surface area (Å²) in [5, 5.41) is 4.57. The Morgan fingerprint density at radius 2 is 2.43 bits per heavy atom. The summed E-state index contributed by atoms with van der Waals surface area (Å²) in [6, 6.07) is 0. The van der Waals surface area contributed by atoms with Crippen LogP contribution in [0.25, 0.3) is 10.7 Å². The Kier molecular flexibility index (Phi) is 4.91. The van der Waals surface area contributed by atoms with E-state index in [-0.39, 0.29) is 6.10 Å². The maximum Gasteiger partial charge on any atom is 0.170 e. The maximum absolute atomic E-state index is 5.69. The number of aromatic nitrogens is 4. The van der Waals surface area contributed by atoms with Crippen molar-refractivity contribution >= 4 is 11.3 Å². The average Bonchev–Trinajstić information content (AvgIpc) is 3.15. The van der Waals surface area contributed by atoms with Crippen molar-refractivity contribution in [1.82, 2.24) is 19.7 Å². The average molecular weight is 310 g/mol. The molecule has 0 saturated carbocycles. The molecule has 21 heavy (non-hydrogen) atoms. The number of ether oxygens (including phenoxy) is 3. The van der Waals surface area contributed by atoms with Gasteiger partial charge in [0.1, 0.15) is 6.10 Å². The summed E-state index contributed by atoms with van der Waals surface area (Å²) < 4.78 is 18.1. The number of thiazole rings is 1. The van der Waals surface area contributed by atoms with Gasteiger partial charge < -0.3 is 14.2 Å². The van der Waals surface area contributed by atoms with Gasteiger partial charge >= 0.3 is 0 Å². The summed E-state index contributed by atoms with van der Waals surface area (Å²) in [4.78, 5) is 9.72. The van der Waals surface area contributed by atoms with E-state index < -0.39 is 0 Å².